The Bertz CT molecular complexity index is 668. The number of hydrogen-bond acceptors (Lipinski definition) is 6. The Labute approximate surface area is 117 Å². The highest BCUT2D eigenvalue weighted by molar-refractivity contribution is 7.11. The zero-order valence-electron chi connectivity index (χ0n) is 10.4. The van der Waals surface area contributed by atoms with Crippen LogP contribution in [0.3, 0.4) is 0 Å². The van der Waals surface area contributed by atoms with Gasteiger partial charge in [0.25, 0.3) is 5.19 Å². The summed E-state index contributed by atoms with van der Waals surface area (Å²) in [7, 11) is 0. The van der Waals surface area contributed by atoms with Gasteiger partial charge in [-0.05, 0) is 12.5 Å². The third-order valence-electron chi connectivity index (χ3n) is 2.49. The number of carbonyl (C=O) groups is 1. The van der Waals surface area contributed by atoms with Crippen LogP contribution in [0.25, 0.3) is 0 Å². The monoisotopic (exact) mass is 294 g/mol. The molecule has 0 amide bonds. The summed E-state index contributed by atoms with van der Waals surface area (Å²) in [5, 5.41) is 21.8. The summed E-state index contributed by atoms with van der Waals surface area (Å²) >= 11 is 1.20. The van der Waals surface area contributed by atoms with Crippen LogP contribution in [-0.4, -0.2) is 21.0 Å². The second-order valence-corrected chi connectivity index (χ2v) is 4.63. The first-order chi connectivity index (χ1) is 9.51. The highest BCUT2D eigenvalue weighted by Crippen LogP contribution is 2.33. The minimum atomic E-state index is -1.18. The fourth-order valence-electron chi connectivity index (χ4n) is 1.47. The number of aryl methyl sites for hydroxylation is 1. The zero-order chi connectivity index (χ0) is 14.7. The number of aromatic carboxylic acids is 1. The maximum Gasteiger partial charge on any atom is 0.335 e. The van der Waals surface area contributed by atoms with Gasteiger partial charge in [-0.2, -0.15) is 0 Å². The molecule has 0 aliphatic rings. The van der Waals surface area contributed by atoms with Crippen molar-refractivity contribution in [3.8, 4) is 10.9 Å². The Hall–Kier alpha value is -2.48. The number of nitro benzene ring substituents is 1. The van der Waals surface area contributed by atoms with Crippen molar-refractivity contribution in [2.24, 2.45) is 0 Å². The second-order valence-electron chi connectivity index (χ2n) is 3.81. The molecule has 0 bridgehead atoms. The number of ether oxygens (including phenoxy) is 1. The topological polar surface area (TPSA) is 103 Å². The second kappa shape index (κ2) is 5.66. The molecule has 7 nitrogen and oxygen atoms in total. The van der Waals surface area contributed by atoms with Gasteiger partial charge >= 0.3 is 11.7 Å². The molecule has 1 aromatic carbocycles. The largest absolute Gasteiger partial charge is 0.478 e. The van der Waals surface area contributed by atoms with Gasteiger partial charge in [-0.3, -0.25) is 10.1 Å². The first-order valence-electron chi connectivity index (χ1n) is 5.65. The molecule has 0 saturated heterocycles. The van der Waals surface area contributed by atoms with E-state index in [4.69, 9.17) is 9.84 Å². The molecule has 2 aromatic rings. The van der Waals surface area contributed by atoms with Gasteiger partial charge in [-0.1, -0.05) is 18.3 Å². The lowest BCUT2D eigenvalue weighted by Crippen LogP contribution is -1.99. The van der Waals surface area contributed by atoms with Crippen molar-refractivity contribution < 1.29 is 19.6 Å². The SMILES string of the molecule is CCc1csc(Oc2cc(C(=O)O)ccc2[N+](=O)[O-])n1. The standard InChI is InChI=1S/C12H10N2O5S/c1-2-8-6-20-12(13-8)19-10-5-7(11(15)16)3-4-9(10)14(17)18/h3-6H,2H2,1H3,(H,15,16). The Morgan fingerprint density at radius 2 is 2.30 bits per heavy atom. The number of benzene rings is 1. The molecule has 0 radical (unpaired) electrons. The minimum Gasteiger partial charge on any atom is -0.478 e. The van der Waals surface area contributed by atoms with Crippen LogP contribution in [0.15, 0.2) is 23.6 Å². The maximum atomic E-state index is 10.9. The van der Waals surface area contributed by atoms with Crippen molar-refractivity contribution in [3.63, 3.8) is 0 Å². The van der Waals surface area contributed by atoms with Crippen molar-refractivity contribution >= 4 is 23.0 Å². The minimum absolute atomic E-state index is 0.0853. The molecule has 0 spiro atoms. The molecule has 0 aliphatic heterocycles. The van der Waals surface area contributed by atoms with Crippen molar-refractivity contribution in [2.45, 2.75) is 13.3 Å². The first-order valence-corrected chi connectivity index (χ1v) is 6.53. The smallest absolute Gasteiger partial charge is 0.335 e. The number of carboxylic acid groups (broad SMARTS) is 1. The van der Waals surface area contributed by atoms with Gasteiger partial charge in [0.15, 0.2) is 0 Å². The summed E-state index contributed by atoms with van der Waals surface area (Å²) in [6.07, 6.45) is 0.719. The van der Waals surface area contributed by atoms with Gasteiger partial charge in [-0.15, -0.1) is 0 Å². The van der Waals surface area contributed by atoms with E-state index in [-0.39, 0.29) is 22.2 Å². The summed E-state index contributed by atoms with van der Waals surface area (Å²) in [6.45, 7) is 1.92. The number of hydrogen-bond donors (Lipinski definition) is 1. The van der Waals surface area contributed by atoms with Crippen LogP contribution in [0.1, 0.15) is 23.0 Å². The summed E-state index contributed by atoms with van der Waals surface area (Å²) in [4.78, 5) is 25.3. The third kappa shape index (κ3) is 2.91. The number of thiazole rings is 1. The van der Waals surface area contributed by atoms with E-state index in [2.05, 4.69) is 4.98 Å². The maximum absolute atomic E-state index is 10.9. The predicted octanol–water partition coefficient (Wildman–Crippen LogP) is 3.10. The van der Waals surface area contributed by atoms with Crippen molar-refractivity contribution in [1.29, 1.82) is 0 Å². The molecule has 2 rings (SSSR count). The lowest BCUT2D eigenvalue weighted by molar-refractivity contribution is -0.385. The van der Waals surface area contributed by atoms with Gasteiger partial charge in [0.05, 0.1) is 16.2 Å². The first kappa shape index (κ1) is 13.9. The molecule has 8 heteroatoms. The summed E-state index contributed by atoms with van der Waals surface area (Å²) in [5.74, 6) is -1.31. The lowest BCUT2D eigenvalue weighted by atomic mass is 10.2. The number of nitrogens with zero attached hydrogens (tertiary/aromatic N) is 2. The summed E-state index contributed by atoms with van der Waals surface area (Å²) < 4.78 is 5.35. The lowest BCUT2D eigenvalue weighted by Gasteiger charge is -2.04. The van der Waals surface area contributed by atoms with Crippen LogP contribution in [-0.2, 0) is 6.42 Å². The summed E-state index contributed by atoms with van der Waals surface area (Å²) in [6, 6.07) is 3.38. The van der Waals surface area contributed by atoms with Crippen LogP contribution >= 0.6 is 11.3 Å². The van der Waals surface area contributed by atoms with E-state index in [1.54, 1.807) is 5.38 Å². The third-order valence-corrected chi connectivity index (χ3v) is 3.26. The van der Waals surface area contributed by atoms with Gasteiger partial charge < -0.3 is 9.84 Å². The highest BCUT2D eigenvalue weighted by atomic mass is 32.1. The molecule has 0 unspecified atom stereocenters. The molecule has 1 heterocycles. The van der Waals surface area contributed by atoms with Gasteiger partial charge in [-0.25, -0.2) is 9.78 Å². The molecule has 1 aromatic heterocycles. The summed E-state index contributed by atoms with van der Waals surface area (Å²) in [5.41, 5.74) is 0.420. The average Bonchev–Trinajstić information content (AvgIpc) is 2.86. The Kier molecular flexibility index (Phi) is 3.94. The molecular weight excluding hydrogens is 284 g/mol. The Balaban J connectivity index is 2.39. The van der Waals surface area contributed by atoms with Crippen LogP contribution < -0.4 is 4.74 Å². The van der Waals surface area contributed by atoms with Gasteiger partial charge in [0, 0.05) is 17.5 Å². The van der Waals surface area contributed by atoms with E-state index in [0.717, 1.165) is 30.3 Å². The average molecular weight is 294 g/mol. The fourth-order valence-corrected chi connectivity index (χ4v) is 2.24. The quantitative estimate of drug-likeness (QED) is 0.671. The number of nitro groups is 1. The van der Waals surface area contributed by atoms with Crippen molar-refractivity contribution in [1.82, 2.24) is 4.98 Å². The van der Waals surface area contributed by atoms with Crippen molar-refractivity contribution in [2.75, 3.05) is 0 Å². The van der Waals surface area contributed by atoms with E-state index < -0.39 is 10.9 Å². The Morgan fingerprint density at radius 1 is 1.55 bits per heavy atom. The van der Waals surface area contributed by atoms with E-state index >= 15 is 0 Å². The molecule has 0 saturated carbocycles. The highest BCUT2D eigenvalue weighted by Gasteiger charge is 2.19. The molecule has 0 aliphatic carbocycles. The van der Waals surface area contributed by atoms with Crippen LogP contribution in [0, 0.1) is 10.1 Å². The normalized spacial score (nSPS) is 10.2. The van der Waals surface area contributed by atoms with Crippen LogP contribution in [0.5, 0.6) is 10.9 Å². The molecule has 0 atom stereocenters. The number of carboxylic acids is 1. The van der Waals surface area contributed by atoms with Crippen LogP contribution in [0.4, 0.5) is 5.69 Å². The molecule has 104 valence electrons. The van der Waals surface area contributed by atoms with Crippen LogP contribution in [0.2, 0.25) is 0 Å². The number of rotatable bonds is 5. The van der Waals surface area contributed by atoms with Crippen molar-refractivity contribution in [3.05, 3.63) is 45.0 Å². The Morgan fingerprint density at radius 3 is 2.85 bits per heavy atom. The van der Waals surface area contributed by atoms with Gasteiger partial charge in [0.1, 0.15) is 0 Å². The van der Waals surface area contributed by atoms with Gasteiger partial charge in [0.2, 0.25) is 5.75 Å². The molecular formula is C12H10N2O5S. The molecule has 20 heavy (non-hydrogen) atoms. The predicted molar refractivity (Wildman–Crippen MR) is 71.6 cm³/mol. The van der Waals surface area contributed by atoms with E-state index in [1.807, 2.05) is 6.92 Å². The van der Waals surface area contributed by atoms with E-state index in [1.165, 1.54) is 11.3 Å². The molecule has 0 fully saturated rings. The van der Waals surface area contributed by atoms with E-state index in [9.17, 15) is 14.9 Å². The zero-order valence-corrected chi connectivity index (χ0v) is 11.2. The number of aromatic nitrogens is 1. The molecule has 1 N–H and O–H groups in total. The van der Waals surface area contributed by atoms with E-state index in [0.29, 0.717) is 0 Å². The fraction of sp³-hybridized carbons (Fsp3) is 0.167.